The van der Waals surface area contributed by atoms with Gasteiger partial charge in [0.1, 0.15) is 11.6 Å². The second-order valence-corrected chi connectivity index (χ2v) is 8.34. The van der Waals surface area contributed by atoms with Crippen molar-refractivity contribution in [2.45, 2.75) is 32.3 Å². The molecule has 4 aromatic rings. The van der Waals surface area contributed by atoms with Crippen LogP contribution in [0.2, 0.25) is 0 Å². The molecule has 5 rings (SSSR count). The van der Waals surface area contributed by atoms with Crippen molar-refractivity contribution >= 4 is 5.82 Å². The fraction of sp³-hybridized carbons (Fsp3) is 0.304. The van der Waals surface area contributed by atoms with Crippen molar-refractivity contribution in [3.63, 3.8) is 0 Å². The number of benzene rings is 1. The fourth-order valence-corrected chi connectivity index (χ4v) is 3.89. The minimum absolute atomic E-state index is 0.189. The van der Waals surface area contributed by atoms with Crippen LogP contribution in [0.5, 0.6) is 5.75 Å². The van der Waals surface area contributed by atoms with Crippen LogP contribution in [-0.2, 0) is 6.54 Å². The molecule has 0 radical (unpaired) electrons. The summed E-state index contributed by atoms with van der Waals surface area (Å²) in [5.74, 6) is 1.02. The number of nitrogens with two attached hydrogens (primary N) is 1. The number of alkyl halides is 3. The van der Waals surface area contributed by atoms with E-state index in [1.165, 1.54) is 24.3 Å². The van der Waals surface area contributed by atoms with Crippen LogP contribution in [0.1, 0.15) is 17.7 Å². The average Bonchev–Trinajstić information content (AvgIpc) is 3.55. The summed E-state index contributed by atoms with van der Waals surface area (Å²) < 4.78 is 48.1. The van der Waals surface area contributed by atoms with Gasteiger partial charge in [-0.05, 0) is 55.3 Å². The molecule has 1 aliphatic heterocycles. The Kier molecular flexibility index (Phi) is 5.89. The molecule has 0 saturated carbocycles. The van der Waals surface area contributed by atoms with E-state index in [-0.39, 0.29) is 23.5 Å². The van der Waals surface area contributed by atoms with E-state index in [1.54, 1.807) is 0 Å². The Morgan fingerprint density at radius 1 is 1.17 bits per heavy atom. The Labute approximate surface area is 198 Å². The highest BCUT2D eigenvalue weighted by Crippen LogP contribution is 2.27. The number of anilines is 1. The number of pyridine rings is 1. The molecule has 1 fully saturated rings. The summed E-state index contributed by atoms with van der Waals surface area (Å²) in [7, 11) is 0. The zero-order chi connectivity index (χ0) is 24.6. The van der Waals surface area contributed by atoms with Gasteiger partial charge >= 0.3 is 6.36 Å². The lowest BCUT2D eigenvalue weighted by atomic mass is 10.2. The molecular weight excluding hydrogens is 463 g/mol. The quantitative estimate of drug-likeness (QED) is 0.440. The van der Waals surface area contributed by atoms with Crippen molar-refractivity contribution in [2.75, 3.05) is 18.0 Å². The highest BCUT2D eigenvalue weighted by atomic mass is 19.4. The second kappa shape index (κ2) is 9.02. The SMILES string of the molecule is Cc1cc(-c2nc(-c3ccc(OC(F)(F)F)cc3)no2)nn1Cc1ccc(N2CC[C@@H](N)C2)nc1. The van der Waals surface area contributed by atoms with E-state index in [2.05, 4.69) is 29.9 Å². The van der Waals surface area contributed by atoms with E-state index in [1.807, 2.05) is 36.0 Å². The van der Waals surface area contributed by atoms with Gasteiger partial charge in [0.05, 0.1) is 6.54 Å². The summed E-state index contributed by atoms with van der Waals surface area (Å²) in [4.78, 5) is 11.1. The smallest absolute Gasteiger partial charge is 0.406 e. The van der Waals surface area contributed by atoms with Crippen molar-refractivity contribution < 1.29 is 22.4 Å². The molecule has 1 saturated heterocycles. The zero-order valence-electron chi connectivity index (χ0n) is 18.7. The molecule has 182 valence electrons. The third-order valence-electron chi connectivity index (χ3n) is 5.66. The first-order chi connectivity index (χ1) is 16.7. The monoisotopic (exact) mass is 485 g/mol. The lowest BCUT2D eigenvalue weighted by Crippen LogP contribution is -2.26. The topological polar surface area (TPSA) is 108 Å². The molecule has 4 heterocycles. The maximum atomic E-state index is 12.3. The molecule has 2 N–H and O–H groups in total. The molecule has 1 aromatic carbocycles. The van der Waals surface area contributed by atoms with Gasteiger partial charge < -0.3 is 19.9 Å². The van der Waals surface area contributed by atoms with Crippen LogP contribution >= 0.6 is 0 Å². The molecule has 0 spiro atoms. The van der Waals surface area contributed by atoms with Gasteiger partial charge in [-0.15, -0.1) is 13.2 Å². The van der Waals surface area contributed by atoms with Gasteiger partial charge in [-0.25, -0.2) is 4.98 Å². The molecule has 1 atom stereocenters. The first-order valence-electron chi connectivity index (χ1n) is 10.9. The van der Waals surface area contributed by atoms with E-state index in [0.717, 1.165) is 36.6 Å². The van der Waals surface area contributed by atoms with Crippen molar-refractivity contribution in [2.24, 2.45) is 5.73 Å². The van der Waals surface area contributed by atoms with Crippen molar-refractivity contribution in [3.8, 4) is 28.7 Å². The molecule has 9 nitrogen and oxygen atoms in total. The lowest BCUT2D eigenvalue weighted by molar-refractivity contribution is -0.274. The number of ether oxygens (including phenoxy) is 1. The van der Waals surface area contributed by atoms with E-state index in [9.17, 15) is 13.2 Å². The number of hydrogen-bond donors (Lipinski definition) is 1. The molecular formula is C23H22F3N7O2. The second-order valence-electron chi connectivity index (χ2n) is 8.34. The Morgan fingerprint density at radius 3 is 2.63 bits per heavy atom. The van der Waals surface area contributed by atoms with E-state index >= 15 is 0 Å². The molecule has 3 aromatic heterocycles. The van der Waals surface area contributed by atoms with Gasteiger partial charge in [0.15, 0.2) is 5.69 Å². The fourth-order valence-electron chi connectivity index (χ4n) is 3.89. The molecule has 12 heteroatoms. The first kappa shape index (κ1) is 22.8. The van der Waals surface area contributed by atoms with Gasteiger partial charge in [0.25, 0.3) is 5.89 Å². The standard InChI is InChI=1S/C23H22F3N7O2/c1-14-10-19(22-29-21(31-35-22)16-3-5-18(6-4-16)34-23(24,25)26)30-33(14)12-15-2-7-20(28-11-15)32-9-8-17(27)13-32/h2-7,10-11,17H,8-9,12-13,27H2,1H3/t17-/m1/s1. The van der Waals surface area contributed by atoms with Gasteiger partial charge in [-0.1, -0.05) is 11.2 Å². The van der Waals surface area contributed by atoms with E-state index in [4.69, 9.17) is 10.3 Å². The van der Waals surface area contributed by atoms with Gasteiger partial charge in [-0.2, -0.15) is 10.1 Å². The average molecular weight is 485 g/mol. The number of aromatic nitrogens is 5. The summed E-state index contributed by atoms with van der Waals surface area (Å²) >= 11 is 0. The van der Waals surface area contributed by atoms with Crippen molar-refractivity contribution in [1.29, 1.82) is 0 Å². The zero-order valence-corrected chi connectivity index (χ0v) is 18.7. The minimum Gasteiger partial charge on any atom is -0.406 e. The summed E-state index contributed by atoms with van der Waals surface area (Å²) in [6, 6.07) is 11.2. The highest BCUT2D eigenvalue weighted by molar-refractivity contribution is 5.59. The van der Waals surface area contributed by atoms with Gasteiger partial charge in [-0.3, -0.25) is 4.68 Å². The lowest BCUT2D eigenvalue weighted by Gasteiger charge is -2.16. The molecule has 35 heavy (non-hydrogen) atoms. The number of aryl methyl sites for hydroxylation is 1. The van der Waals surface area contributed by atoms with Crippen molar-refractivity contribution in [1.82, 2.24) is 24.9 Å². The molecule has 0 aliphatic carbocycles. The van der Waals surface area contributed by atoms with Crippen LogP contribution in [0.25, 0.3) is 23.0 Å². The number of rotatable bonds is 6. The van der Waals surface area contributed by atoms with Crippen LogP contribution in [0.3, 0.4) is 0 Å². The minimum atomic E-state index is -4.75. The third kappa shape index (κ3) is 5.27. The Bertz CT molecular complexity index is 1300. The summed E-state index contributed by atoms with van der Waals surface area (Å²) in [5, 5.41) is 8.49. The summed E-state index contributed by atoms with van der Waals surface area (Å²) in [6.07, 6.45) is -1.96. The maximum absolute atomic E-state index is 12.3. The Morgan fingerprint density at radius 2 is 1.97 bits per heavy atom. The van der Waals surface area contributed by atoms with Gasteiger partial charge in [0.2, 0.25) is 5.82 Å². The number of halogens is 3. The summed E-state index contributed by atoms with van der Waals surface area (Å²) in [6.45, 7) is 4.15. The highest BCUT2D eigenvalue weighted by Gasteiger charge is 2.31. The largest absolute Gasteiger partial charge is 0.573 e. The van der Waals surface area contributed by atoms with Crippen LogP contribution in [-0.4, -0.2) is 50.4 Å². The third-order valence-corrected chi connectivity index (χ3v) is 5.66. The van der Waals surface area contributed by atoms with Crippen LogP contribution < -0.4 is 15.4 Å². The van der Waals surface area contributed by atoms with E-state index < -0.39 is 6.36 Å². The number of hydrogen-bond acceptors (Lipinski definition) is 8. The van der Waals surface area contributed by atoms with Crippen LogP contribution in [0.4, 0.5) is 19.0 Å². The normalized spacial score (nSPS) is 16.1. The van der Waals surface area contributed by atoms with Crippen molar-refractivity contribution in [3.05, 3.63) is 59.9 Å². The molecule has 1 aliphatic rings. The predicted octanol–water partition coefficient (Wildman–Crippen LogP) is 3.79. The predicted molar refractivity (Wildman–Crippen MR) is 121 cm³/mol. The Hall–Kier alpha value is -3.93. The van der Waals surface area contributed by atoms with Crippen LogP contribution in [0.15, 0.2) is 53.2 Å². The molecule has 0 bridgehead atoms. The van der Waals surface area contributed by atoms with Gasteiger partial charge in [0, 0.05) is 36.6 Å². The molecule has 0 amide bonds. The van der Waals surface area contributed by atoms with Crippen LogP contribution in [0, 0.1) is 6.92 Å². The van der Waals surface area contributed by atoms with E-state index in [0.29, 0.717) is 17.8 Å². The Balaban J connectivity index is 1.27. The maximum Gasteiger partial charge on any atom is 0.573 e. The summed E-state index contributed by atoms with van der Waals surface area (Å²) in [5.41, 5.74) is 8.84. The number of nitrogens with zero attached hydrogens (tertiary/aromatic N) is 6. The molecule has 0 unspecified atom stereocenters. The first-order valence-corrected chi connectivity index (χ1v) is 10.9.